The fourth-order valence-corrected chi connectivity index (χ4v) is 2.35. The number of rotatable bonds is 3. The molecule has 2 rings (SSSR count). The lowest BCUT2D eigenvalue weighted by atomic mass is 10.1. The molecule has 0 aliphatic carbocycles. The fourth-order valence-electron chi connectivity index (χ4n) is 1.58. The van der Waals surface area contributed by atoms with Gasteiger partial charge in [0.15, 0.2) is 0 Å². The Labute approximate surface area is 117 Å². The van der Waals surface area contributed by atoms with Crippen LogP contribution in [0.1, 0.15) is 11.1 Å². The van der Waals surface area contributed by atoms with Crippen molar-refractivity contribution in [2.75, 3.05) is 0 Å². The molecule has 0 N–H and O–H groups in total. The van der Waals surface area contributed by atoms with E-state index in [0.717, 1.165) is 5.56 Å². The summed E-state index contributed by atoms with van der Waals surface area (Å²) in [5.41, 5.74) is 2.33. The molecule has 19 heavy (non-hydrogen) atoms. The number of halogens is 1. The minimum absolute atomic E-state index is 0.0570. The molecular formula is C14H13ClO3S. The van der Waals surface area contributed by atoms with Crippen LogP contribution in [0.25, 0.3) is 0 Å². The lowest BCUT2D eigenvalue weighted by Crippen LogP contribution is -1.91. The molecule has 0 heterocycles. The highest BCUT2D eigenvalue weighted by atomic mass is 35.7. The number of hydrogen-bond donors (Lipinski definition) is 0. The minimum atomic E-state index is -3.69. The van der Waals surface area contributed by atoms with E-state index >= 15 is 0 Å². The van der Waals surface area contributed by atoms with Crippen molar-refractivity contribution < 1.29 is 13.2 Å². The predicted molar refractivity (Wildman–Crippen MR) is 75.5 cm³/mol. The Hall–Kier alpha value is -1.52. The standard InChI is InChI=1S/C14H13ClO3S/c1-10-3-4-13(9-11(10)2)18-12-5-7-14(8-6-12)19(15,16)17/h3-9H,1-2H3. The van der Waals surface area contributed by atoms with Crippen molar-refractivity contribution in [3.05, 3.63) is 53.6 Å². The first kappa shape index (κ1) is 13.9. The average molecular weight is 297 g/mol. The minimum Gasteiger partial charge on any atom is -0.457 e. The van der Waals surface area contributed by atoms with Crippen LogP contribution >= 0.6 is 10.7 Å². The lowest BCUT2D eigenvalue weighted by Gasteiger charge is -2.08. The van der Waals surface area contributed by atoms with Gasteiger partial charge in [0.2, 0.25) is 0 Å². The van der Waals surface area contributed by atoms with Gasteiger partial charge >= 0.3 is 0 Å². The summed E-state index contributed by atoms with van der Waals surface area (Å²) in [6.07, 6.45) is 0. The molecule has 100 valence electrons. The quantitative estimate of drug-likeness (QED) is 0.803. The fraction of sp³-hybridized carbons (Fsp3) is 0.143. The topological polar surface area (TPSA) is 43.4 Å². The summed E-state index contributed by atoms with van der Waals surface area (Å²) in [5.74, 6) is 1.27. The molecule has 0 radical (unpaired) electrons. The highest BCUT2D eigenvalue weighted by Gasteiger charge is 2.09. The molecule has 5 heteroatoms. The Morgan fingerprint density at radius 1 is 0.895 bits per heavy atom. The second kappa shape index (κ2) is 5.23. The Bertz CT molecular complexity index is 691. The molecule has 0 aliphatic heterocycles. The van der Waals surface area contributed by atoms with Crippen molar-refractivity contribution in [3.8, 4) is 11.5 Å². The molecule has 0 spiro atoms. The summed E-state index contributed by atoms with van der Waals surface area (Å²) < 4.78 is 27.9. The van der Waals surface area contributed by atoms with Crippen LogP contribution < -0.4 is 4.74 Å². The van der Waals surface area contributed by atoms with Crippen molar-refractivity contribution in [3.63, 3.8) is 0 Å². The van der Waals surface area contributed by atoms with E-state index in [2.05, 4.69) is 0 Å². The first-order valence-corrected chi connectivity index (χ1v) is 7.97. The van der Waals surface area contributed by atoms with Crippen LogP contribution in [0.2, 0.25) is 0 Å². The van der Waals surface area contributed by atoms with Crippen LogP contribution in [0, 0.1) is 13.8 Å². The number of benzene rings is 2. The van der Waals surface area contributed by atoms with Crippen molar-refractivity contribution in [1.29, 1.82) is 0 Å². The molecule has 2 aromatic rings. The second-order valence-corrected chi connectivity index (χ2v) is 6.82. The van der Waals surface area contributed by atoms with Gasteiger partial charge in [-0.15, -0.1) is 0 Å². The normalized spacial score (nSPS) is 11.3. The number of aryl methyl sites for hydroxylation is 2. The zero-order valence-electron chi connectivity index (χ0n) is 10.6. The average Bonchev–Trinajstić information content (AvgIpc) is 2.33. The maximum absolute atomic E-state index is 11.1. The van der Waals surface area contributed by atoms with E-state index in [-0.39, 0.29) is 4.90 Å². The Morgan fingerprint density at radius 3 is 2.00 bits per heavy atom. The second-order valence-electron chi connectivity index (χ2n) is 4.26. The zero-order valence-corrected chi connectivity index (χ0v) is 12.1. The van der Waals surface area contributed by atoms with Crippen molar-refractivity contribution in [1.82, 2.24) is 0 Å². The molecule has 0 aliphatic rings. The van der Waals surface area contributed by atoms with Gasteiger partial charge in [-0.2, -0.15) is 0 Å². The van der Waals surface area contributed by atoms with Crippen molar-refractivity contribution in [2.45, 2.75) is 18.7 Å². The van der Waals surface area contributed by atoms with Crippen molar-refractivity contribution in [2.24, 2.45) is 0 Å². The summed E-state index contributed by atoms with van der Waals surface area (Å²) in [5, 5.41) is 0. The van der Waals surface area contributed by atoms with Crippen LogP contribution in [0.5, 0.6) is 11.5 Å². The molecule has 2 aromatic carbocycles. The third-order valence-electron chi connectivity index (χ3n) is 2.82. The molecule has 0 saturated heterocycles. The van der Waals surface area contributed by atoms with Gasteiger partial charge < -0.3 is 4.74 Å². The Kier molecular flexibility index (Phi) is 3.83. The summed E-state index contributed by atoms with van der Waals surface area (Å²) in [7, 11) is 1.55. The molecule has 0 fully saturated rings. The van der Waals surface area contributed by atoms with Crippen LogP contribution in [0.3, 0.4) is 0 Å². The Morgan fingerprint density at radius 2 is 1.47 bits per heavy atom. The molecule has 0 unspecified atom stereocenters. The van der Waals surface area contributed by atoms with E-state index in [9.17, 15) is 8.42 Å². The number of ether oxygens (including phenoxy) is 1. The van der Waals surface area contributed by atoms with Crippen LogP contribution in [-0.2, 0) is 9.05 Å². The van der Waals surface area contributed by atoms with Crippen molar-refractivity contribution >= 4 is 19.7 Å². The van der Waals surface area contributed by atoms with Gasteiger partial charge in [-0.05, 0) is 61.4 Å². The highest BCUT2D eigenvalue weighted by Crippen LogP contribution is 2.25. The monoisotopic (exact) mass is 296 g/mol. The van der Waals surface area contributed by atoms with Gasteiger partial charge in [0, 0.05) is 10.7 Å². The zero-order chi connectivity index (χ0) is 14.0. The Balaban J connectivity index is 2.22. The maximum Gasteiger partial charge on any atom is 0.261 e. The first-order chi connectivity index (χ1) is 8.86. The molecule has 0 amide bonds. The van der Waals surface area contributed by atoms with Crippen LogP contribution in [-0.4, -0.2) is 8.42 Å². The van der Waals surface area contributed by atoms with E-state index in [4.69, 9.17) is 15.4 Å². The smallest absolute Gasteiger partial charge is 0.261 e. The third-order valence-corrected chi connectivity index (χ3v) is 4.19. The SMILES string of the molecule is Cc1ccc(Oc2ccc(S(=O)(=O)Cl)cc2)cc1C. The van der Waals surface area contributed by atoms with Crippen LogP contribution in [0.15, 0.2) is 47.4 Å². The largest absolute Gasteiger partial charge is 0.457 e. The molecular weight excluding hydrogens is 284 g/mol. The first-order valence-electron chi connectivity index (χ1n) is 5.66. The molecule has 3 nitrogen and oxygen atoms in total. The van der Waals surface area contributed by atoms with Crippen LogP contribution in [0.4, 0.5) is 0 Å². The van der Waals surface area contributed by atoms with Gasteiger partial charge in [0.05, 0.1) is 4.90 Å². The van der Waals surface area contributed by atoms with Gasteiger partial charge in [-0.25, -0.2) is 8.42 Å². The molecule has 0 aromatic heterocycles. The third kappa shape index (κ3) is 3.49. The highest BCUT2D eigenvalue weighted by molar-refractivity contribution is 8.13. The molecule has 0 bridgehead atoms. The van der Waals surface area contributed by atoms with Gasteiger partial charge in [-0.1, -0.05) is 6.07 Å². The summed E-state index contributed by atoms with van der Waals surface area (Å²) >= 11 is 0. The maximum atomic E-state index is 11.1. The molecule has 0 atom stereocenters. The molecule has 0 saturated carbocycles. The van der Waals surface area contributed by atoms with E-state index in [1.807, 2.05) is 32.0 Å². The lowest BCUT2D eigenvalue weighted by molar-refractivity contribution is 0.481. The van der Waals surface area contributed by atoms with E-state index < -0.39 is 9.05 Å². The van der Waals surface area contributed by atoms with Gasteiger partial charge in [0.25, 0.3) is 9.05 Å². The summed E-state index contributed by atoms with van der Waals surface area (Å²) in [6.45, 7) is 4.03. The predicted octanol–water partition coefficient (Wildman–Crippen LogP) is 4.02. The van der Waals surface area contributed by atoms with Gasteiger partial charge in [0.1, 0.15) is 11.5 Å². The van der Waals surface area contributed by atoms with E-state index in [0.29, 0.717) is 11.5 Å². The van der Waals surface area contributed by atoms with E-state index in [1.54, 1.807) is 12.1 Å². The van der Waals surface area contributed by atoms with Gasteiger partial charge in [-0.3, -0.25) is 0 Å². The summed E-state index contributed by atoms with van der Waals surface area (Å²) in [6, 6.07) is 11.8. The summed E-state index contributed by atoms with van der Waals surface area (Å²) in [4.78, 5) is 0.0570. The van der Waals surface area contributed by atoms with E-state index in [1.165, 1.54) is 17.7 Å². The number of hydrogen-bond acceptors (Lipinski definition) is 3.